The molecular formula is C20H27N3O4. The second-order valence-electron chi connectivity index (χ2n) is 7.09. The predicted octanol–water partition coefficient (Wildman–Crippen LogP) is 1.24. The molecule has 0 spiro atoms. The van der Waals surface area contributed by atoms with Gasteiger partial charge in [0.2, 0.25) is 11.8 Å². The van der Waals surface area contributed by atoms with Gasteiger partial charge in [-0.25, -0.2) is 0 Å². The zero-order valence-electron chi connectivity index (χ0n) is 16.0. The van der Waals surface area contributed by atoms with Crippen molar-refractivity contribution in [2.24, 2.45) is 5.92 Å². The van der Waals surface area contributed by atoms with Gasteiger partial charge in [0, 0.05) is 51.3 Å². The fourth-order valence-corrected chi connectivity index (χ4v) is 3.73. The van der Waals surface area contributed by atoms with Gasteiger partial charge in [0.15, 0.2) is 0 Å². The number of carbonyl (C=O) groups is 3. The maximum atomic E-state index is 12.7. The number of amides is 3. The number of carbonyl (C=O) groups excluding carboxylic acids is 3. The van der Waals surface area contributed by atoms with Crippen LogP contribution in [0.25, 0.3) is 0 Å². The number of hydrogen-bond donors (Lipinski definition) is 0. The summed E-state index contributed by atoms with van der Waals surface area (Å²) in [5, 5.41) is 0. The van der Waals surface area contributed by atoms with E-state index in [1.807, 2.05) is 6.92 Å². The van der Waals surface area contributed by atoms with Crippen LogP contribution in [0.15, 0.2) is 24.3 Å². The highest BCUT2D eigenvalue weighted by Crippen LogP contribution is 2.21. The molecule has 27 heavy (non-hydrogen) atoms. The maximum absolute atomic E-state index is 12.7. The van der Waals surface area contributed by atoms with E-state index in [-0.39, 0.29) is 23.6 Å². The van der Waals surface area contributed by atoms with E-state index in [4.69, 9.17) is 4.74 Å². The fourth-order valence-electron chi connectivity index (χ4n) is 3.73. The van der Waals surface area contributed by atoms with Gasteiger partial charge in [-0.15, -0.1) is 0 Å². The Morgan fingerprint density at radius 1 is 1.07 bits per heavy atom. The normalized spacial score (nSPS) is 20.1. The molecule has 3 rings (SSSR count). The van der Waals surface area contributed by atoms with E-state index in [9.17, 15) is 14.4 Å². The molecule has 1 atom stereocenters. The molecule has 3 amide bonds. The van der Waals surface area contributed by atoms with Crippen LogP contribution in [-0.2, 0) is 9.59 Å². The largest absolute Gasteiger partial charge is 0.497 e. The van der Waals surface area contributed by atoms with Gasteiger partial charge in [0.25, 0.3) is 5.91 Å². The number of benzene rings is 1. The maximum Gasteiger partial charge on any atom is 0.253 e. The van der Waals surface area contributed by atoms with Crippen LogP contribution in [0.4, 0.5) is 0 Å². The van der Waals surface area contributed by atoms with Crippen LogP contribution in [0.3, 0.4) is 0 Å². The molecule has 2 saturated heterocycles. The fraction of sp³-hybridized carbons (Fsp3) is 0.550. The molecule has 2 fully saturated rings. The smallest absolute Gasteiger partial charge is 0.253 e. The van der Waals surface area contributed by atoms with Crippen molar-refractivity contribution in [1.29, 1.82) is 0 Å². The van der Waals surface area contributed by atoms with Crippen LogP contribution < -0.4 is 4.74 Å². The van der Waals surface area contributed by atoms with Gasteiger partial charge in [0.05, 0.1) is 13.0 Å². The van der Waals surface area contributed by atoms with Crippen LogP contribution in [0.5, 0.6) is 5.75 Å². The summed E-state index contributed by atoms with van der Waals surface area (Å²) in [6, 6.07) is 7.05. The number of likely N-dealkylation sites (tertiary alicyclic amines) is 1. The van der Waals surface area contributed by atoms with Crippen molar-refractivity contribution in [3.05, 3.63) is 29.8 Å². The van der Waals surface area contributed by atoms with Crippen LogP contribution in [0.2, 0.25) is 0 Å². The lowest BCUT2D eigenvalue weighted by molar-refractivity contribution is -0.137. The molecule has 1 aromatic rings. The molecule has 0 radical (unpaired) electrons. The summed E-state index contributed by atoms with van der Waals surface area (Å²) in [7, 11) is 1.59. The third-order valence-corrected chi connectivity index (χ3v) is 5.27. The first-order chi connectivity index (χ1) is 13.0. The Morgan fingerprint density at radius 3 is 2.30 bits per heavy atom. The third kappa shape index (κ3) is 4.23. The molecular weight excluding hydrogens is 346 g/mol. The van der Waals surface area contributed by atoms with Gasteiger partial charge >= 0.3 is 0 Å². The third-order valence-electron chi connectivity index (χ3n) is 5.27. The minimum atomic E-state index is -0.243. The summed E-state index contributed by atoms with van der Waals surface area (Å²) in [5.74, 6) is 0.551. The van der Waals surface area contributed by atoms with Crippen molar-refractivity contribution in [2.45, 2.75) is 19.8 Å². The average molecular weight is 373 g/mol. The number of nitrogens with zero attached hydrogens (tertiary/aromatic N) is 3. The predicted molar refractivity (Wildman–Crippen MR) is 100 cm³/mol. The van der Waals surface area contributed by atoms with Crippen molar-refractivity contribution in [3.8, 4) is 5.75 Å². The van der Waals surface area contributed by atoms with E-state index >= 15 is 0 Å². The minimum Gasteiger partial charge on any atom is -0.497 e. The molecule has 0 aliphatic carbocycles. The van der Waals surface area contributed by atoms with E-state index in [2.05, 4.69) is 0 Å². The Bertz CT molecular complexity index is 696. The molecule has 0 bridgehead atoms. The van der Waals surface area contributed by atoms with Gasteiger partial charge in [0.1, 0.15) is 5.75 Å². The topological polar surface area (TPSA) is 70.2 Å². The monoisotopic (exact) mass is 373 g/mol. The van der Waals surface area contributed by atoms with Gasteiger partial charge in [-0.1, -0.05) is 6.92 Å². The molecule has 1 aromatic carbocycles. The SMILES string of the molecule is CCCN1CC(C(=O)N2CCN(C(=O)c3ccc(OC)cc3)CC2)CC1=O. The van der Waals surface area contributed by atoms with Crippen molar-refractivity contribution in [1.82, 2.24) is 14.7 Å². The first kappa shape index (κ1) is 19.2. The van der Waals surface area contributed by atoms with E-state index in [1.165, 1.54) is 0 Å². The van der Waals surface area contributed by atoms with Crippen LogP contribution >= 0.6 is 0 Å². The van der Waals surface area contributed by atoms with Crippen molar-refractivity contribution in [3.63, 3.8) is 0 Å². The van der Waals surface area contributed by atoms with E-state index in [0.29, 0.717) is 57.0 Å². The van der Waals surface area contributed by atoms with Crippen LogP contribution in [0.1, 0.15) is 30.1 Å². The van der Waals surface area contributed by atoms with Crippen molar-refractivity contribution < 1.29 is 19.1 Å². The first-order valence-corrected chi connectivity index (χ1v) is 9.53. The summed E-state index contributed by atoms with van der Waals surface area (Å²) in [4.78, 5) is 42.7. The summed E-state index contributed by atoms with van der Waals surface area (Å²) in [5.41, 5.74) is 0.618. The Hall–Kier alpha value is -2.57. The number of piperazine rings is 1. The molecule has 0 N–H and O–H groups in total. The van der Waals surface area contributed by atoms with E-state index in [0.717, 1.165) is 6.42 Å². The Labute approximate surface area is 159 Å². The first-order valence-electron chi connectivity index (χ1n) is 9.53. The summed E-state index contributed by atoms with van der Waals surface area (Å²) in [6.45, 7) is 5.31. The van der Waals surface area contributed by atoms with E-state index in [1.54, 1.807) is 46.1 Å². The molecule has 2 aliphatic rings. The van der Waals surface area contributed by atoms with E-state index < -0.39 is 0 Å². The number of rotatable bonds is 5. The molecule has 0 aromatic heterocycles. The molecule has 7 heteroatoms. The minimum absolute atomic E-state index is 0.0325. The standard InChI is InChI=1S/C20H27N3O4/c1-3-8-23-14-16(13-18(23)24)20(26)22-11-9-21(10-12-22)19(25)15-4-6-17(27-2)7-5-15/h4-7,16H,3,8-14H2,1-2H3. The van der Waals surface area contributed by atoms with Crippen molar-refractivity contribution in [2.75, 3.05) is 46.4 Å². The molecule has 1 unspecified atom stereocenters. The molecule has 7 nitrogen and oxygen atoms in total. The number of methoxy groups -OCH3 is 1. The lowest BCUT2D eigenvalue weighted by Crippen LogP contribution is -2.52. The van der Waals surface area contributed by atoms with Gasteiger partial charge in [-0.2, -0.15) is 0 Å². The average Bonchev–Trinajstić information content (AvgIpc) is 3.08. The molecule has 2 heterocycles. The highest BCUT2D eigenvalue weighted by atomic mass is 16.5. The zero-order valence-corrected chi connectivity index (χ0v) is 16.0. The lowest BCUT2D eigenvalue weighted by atomic mass is 10.1. The summed E-state index contributed by atoms with van der Waals surface area (Å²) >= 11 is 0. The van der Waals surface area contributed by atoms with Crippen LogP contribution in [-0.4, -0.2) is 78.8 Å². The Kier molecular flexibility index (Phi) is 5.98. The Balaban J connectivity index is 1.53. The summed E-state index contributed by atoms with van der Waals surface area (Å²) < 4.78 is 5.12. The number of ether oxygens (including phenoxy) is 1. The highest BCUT2D eigenvalue weighted by Gasteiger charge is 2.37. The van der Waals surface area contributed by atoms with Gasteiger partial charge in [-0.3, -0.25) is 14.4 Å². The Morgan fingerprint density at radius 2 is 1.70 bits per heavy atom. The summed E-state index contributed by atoms with van der Waals surface area (Å²) in [6.07, 6.45) is 1.21. The number of hydrogen-bond acceptors (Lipinski definition) is 4. The second-order valence-corrected chi connectivity index (χ2v) is 7.09. The lowest BCUT2D eigenvalue weighted by Gasteiger charge is -2.36. The highest BCUT2D eigenvalue weighted by molar-refractivity contribution is 5.94. The molecule has 2 aliphatic heterocycles. The van der Waals surface area contributed by atoms with Gasteiger partial charge < -0.3 is 19.4 Å². The molecule has 0 saturated carbocycles. The van der Waals surface area contributed by atoms with Gasteiger partial charge in [-0.05, 0) is 30.7 Å². The second kappa shape index (κ2) is 8.41. The van der Waals surface area contributed by atoms with Crippen LogP contribution in [0, 0.1) is 5.92 Å². The zero-order chi connectivity index (χ0) is 19.4. The van der Waals surface area contributed by atoms with Crippen molar-refractivity contribution >= 4 is 17.7 Å². The quantitative estimate of drug-likeness (QED) is 0.779. The molecule has 146 valence electrons.